The molecule has 1 amide bonds. The highest BCUT2D eigenvalue weighted by molar-refractivity contribution is 5.90. The number of amides is 1. The maximum atomic E-state index is 12.3. The van der Waals surface area contributed by atoms with Crippen LogP contribution in [-0.4, -0.2) is 27.1 Å². The number of hydrogen-bond donors (Lipinski definition) is 2. The molecule has 3 atom stereocenters. The highest BCUT2D eigenvalue weighted by Gasteiger charge is 2.32. The number of rotatable bonds is 5. The molecule has 2 rings (SSSR count). The molecule has 0 radical (unpaired) electrons. The second-order valence-electron chi connectivity index (χ2n) is 6.76. The summed E-state index contributed by atoms with van der Waals surface area (Å²) in [5.74, 6) is 2.75. The molecule has 0 spiro atoms. The SMILES string of the molecule is CCCc1nc(C(=O)NC2CC(C)CCC2C(C)C)n[nH]1. The van der Waals surface area contributed by atoms with Crippen molar-refractivity contribution in [1.82, 2.24) is 20.5 Å². The first-order valence-electron chi connectivity index (χ1n) is 8.23. The summed E-state index contributed by atoms with van der Waals surface area (Å²) in [4.78, 5) is 16.6. The van der Waals surface area contributed by atoms with E-state index in [0.29, 0.717) is 17.8 Å². The van der Waals surface area contributed by atoms with Crippen molar-refractivity contribution in [2.24, 2.45) is 17.8 Å². The number of H-pyrrole nitrogens is 1. The fraction of sp³-hybridized carbons (Fsp3) is 0.812. The van der Waals surface area contributed by atoms with E-state index in [0.717, 1.165) is 25.1 Å². The van der Waals surface area contributed by atoms with E-state index in [1.807, 2.05) is 0 Å². The molecule has 0 aromatic carbocycles. The first-order valence-corrected chi connectivity index (χ1v) is 8.23. The molecular formula is C16H28N4O. The van der Waals surface area contributed by atoms with Crippen molar-refractivity contribution in [2.75, 3.05) is 0 Å². The van der Waals surface area contributed by atoms with Crippen molar-refractivity contribution < 1.29 is 4.79 Å². The number of nitrogens with zero attached hydrogens (tertiary/aromatic N) is 2. The molecule has 0 bridgehead atoms. The first-order chi connectivity index (χ1) is 10.0. The topological polar surface area (TPSA) is 70.7 Å². The zero-order chi connectivity index (χ0) is 15.4. The van der Waals surface area contributed by atoms with E-state index in [1.54, 1.807) is 0 Å². The summed E-state index contributed by atoms with van der Waals surface area (Å²) in [6.45, 7) is 8.83. The van der Waals surface area contributed by atoms with Crippen LogP contribution < -0.4 is 5.32 Å². The zero-order valence-corrected chi connectivity index (χ0v) is 13.6. The van der Waals surface area contributed by atoms with Crippen molar-refractivity contribution in [1.29, 1.82) is 0 Å². The average molecular weight is 292 g/mol. The summed E-state index contributed by atoms with van der Waals surface area (Å²) in [5, 5.41) is 10.1. The lowest BCUT2D eigenvalue weighted by atomic mass is 9.74. The van der Waals surface area contributed by atoms with Crippen LogP contribution in [0.1, 0.15) is 69.8 Å². The van der Waals surface area contributed by atoms with Gasteiger partial charge in [-0.1, -0.05) is 34.1 Å². The third-order valence-corrected chi connectivity index (χ3v) is 4.56. The number of aromatic nitrogens is 3. The third-order valence-electron chi connectivity index (χ3n) is 4.56. The molecule has 1 aliphatic rings. The lowest BCUT2D eigenvalue weighted by Gasteiger charge is -2.37. The summed E-state index contributed by atoms with van der Waals surface area (Å²) in [6, 6.07) is 0.245. The monoisotopic (exact) mass is 292 g/mol. The van der Waals surface area contributed by atoms with Gasteiger partial charge in [0.2, 0.25) is 5.82 Å². The largest absolute Gasteiger partial charge is 0.346 e. The van der Waals surface area contributed by atoms with Crippen LogP contribution in [0.3, 0.4) is 0 Å². The fourth-order valence-electron chi connectivity index (χ4n) is 3.35. The quantitative estimate of drug-likeness (QED) is 0.876. The van der Waals surface area contributed by atoms with Crippen molar-refractivity contribution >= 4 is 5.91 Å². The highest BCUT2D eigenvalue weighted by Crippen LogP contribution is 2.33. The van der Waals surface area contributed by atoms with Gasteiger partial charge in [0, 0.05) is 12.5 Å². The Morgan fingerprint density at radius 2 is 2.19 bits per heavy atom. The fourth-order valence-corrected chi connectivity index (χ4v) is 3.35. The minimum Gasteiger partial charge on any atom is -0.346 e. The van der Waals surface area contributed by atoms with E-state index in [4.69, 9.17) is 0 Å². The van der Waals surface area contributed by atoms with Gasteiger partial charge >= 0.3 is 0 Å². The summed E-state index contributed by atoms with van der Waals surface area (Å²) >= 11 is 0. The molecule has 5 heteroatoms. The molecule has 0 saturated heterocycles. The summed E-state index contributed by atoms with van der Waals surface area (Å²) in [6.07, 6.45) is 5.33. The smallest absolute Gasteiger partial charge is 0.291 e. The van der Waals surface area contributed by atoms with Crippen molar-refractivity contribution in [3.63, 3.8) is 0 Å². The minimum atomic E-state index is -0.140. The average Bonchev–Trinajstić information content (AvgIpc) is 2.87. The van der Waals surface area contributed by atoms with Crippen LogP contribution in [0.15, 0.2) is 0 Å². The Bertz CT molecular complexity index is 469. The molecule has 2 N–H and O–H groups in total. The number of nitrogens with one attached hydrogen (secondary N) is 2. The summed E-state index contributed by atoms with van der Waals surface area (Å²) in [5.41, 5.74) is 0. The van der Waals surface area contributed by atoms with Gasteiger partial charge in [-0.2, -0.15) is 0 Å². The Labute approximate surface area is 127 Å². The van der Waals surface area contributed by atoms with Gasteiger partial charge in [-0.3, -0.25) is 9.89 Å². The Morgan fingerprint density at radius 3 is 2.86 bits per heavy atom. The molecule has 1 aromatic rings. The van der Waals surface area contributed by atoms with Crippen LogP contribution in [0.4, 0.5) is 0 Å². The zero-order valence-electron chi connectivity index (χ0n) is 13.6. The summed E-state index contributed by atoms with van der Waals surface area (Å²) < 4.78 is 0. The second kappa shape index (κ2) is 7.05. The molecular weight excluding hydrogens is 264 g/mol. The highest BCUT2D eigenvalue weighted by atomic mass is 16.2. The van der Waals surface area contributed by atoms with Crippen LogP contribution in [-0.2, 0) is 6.42 Å². The van der Waals surface area contributed by atoms with E-state index in [-0.39, 0.29) is 17.8 Å². The van der Waals surface area contributed by atoms with Gasteiger partial charge in [-0.05, 0) is 37.0 Å². The Kier molecular flexibility index (Phi) is 5.37. The van der Waals surface area contributed by atoms with Crippen molar-refractivity contribution in [3.05, 3.63) is 11.6 Å². The van der Waals surface area contributed by atoms with Gasteiger partial charge in [0.1, 0.15) is 5.82 Å². The molecule has 5 nitrogen and oxygen atoms in total. The lowest BCUT2D eigenvalue weighted by Crippen LogP contribution is -2.45. The van der Waals surface area contributed by atoms with E-state index in [2.05, 4.69) is 48.2 Å². The first kappa shape index (κ1) is 16.0. The van der Waals surface area contributed by atoms with Gasteiger partial charge in [-0.15, -0.1) is 5.10 Å². The van der Waals surface area contributed by atoms with E-state index >= 15 is 0 Å². The van der Waals surface area contributed by atoms with E-state index < -0.39 is 0 Å². The van der Waals surface area contributed by atoms with Crippen molar-refractivity contribution in [2.45, 2.75) is 65.8 Å². The summed E-state index contributed by atoms with van der Waals surface area (Å²) in [7, 11) is 0. The normalized spacial score (nSPS) is 26.0. The van der Waals surface area contributed by atoms with E-state index in [1.165, 1.54) is 12.8 Å². The number of aromatic amines is 1. The number of carbonyl (C=O) groups is 1. The lowest BCUT2D eigenvalue weighted by molar-refractivity contribution is 0.0857. The number of aryl methyl sites for hydroxylation is 1. The van der Waals surface area contributed by atoms with Gasteiger partial charge in [-0.25, -0.2) is 4.98 Å². The predicted octanol–water partition coefficient (Wildman–Crippen LogP) is 2.95. The van der Waals surface area contributed by atoms with Gasteiger partial charge in [0.15, 0.2) is 0 Å². The molecule has 118 valence electrons. The molecule has 1 aromatic heterocycles. The number of hydrogen-bond acceptors (Lipinski definition) is 3. The van der Waals surface area contributed by atoms with Crippen LogP contribution in [0.5, 0.6) is 0 Å². The molecule has 1 heterocycles. The van der Waals surface area contributed by atoms with Crippen LogP contribution in [0.25, 0.3) is 0 Å². The minimum absolute atomic E-state index is 0.140. The molecule has 0 aliphatic heterocycles. The van der Waals surface area contributed by atoms with Gasteiger partial charge in [0.25, 0.3) is 5.91 Å². The molecule has 3 unspecified atom stereocenters. The predicted molar refractivity (Wildman–Crippen MR) is 83.0 cm³/mol. The van der Waals surface area contributed by atoms with Crippen LogP contribution in [0, 0.1) is 17.8 Å². The Hall–Kier alpha value is -1.39. The maximum Gasteiger partial charge on any atom is 0.291 e. The van der Waals surface area contributed by atoms with E-state index in [9.17, 15) is 4.79 Å². The maximum absolute atomic E-state index is 12.3. The molecule has 21 heavy (non-hydrogen) atoms. The van der Waals surface area contributed by atoms with Crippen molar-refractivity contribution in [3.8, 4) is 0 Å². The Balaban J connectivity index is 2.01. The Morgan fingerprint density at radius 1 is 1.43 bits per heavy atom. The molecule has 1 saturated carbocycles. The third kappa shape index (κ3) is 4.05. The molecule has 1 fully saturated rings. The standard InChI is InChI=1S/C16H28N4O/c1-5-6-14-18-15(20-19-14)16(21)17-13-9-11(4)7-8-12(13)10(2)3/h10-13H,5-9H2,1-4H3,(H,17,21)(H,18,19,20). The van der Waals surface area contributed by atoms with Gasteiger partial charge in [0.05, 0.1) is 0 Å². The van der Waals surface area contributed by atoms with Crippen LogP contribution in [0.2, 0.25) is 0 Å². The number of carbonyl (C=O) groups excluding carboxylic acids is 1. The second-order valence-corrected chi connectivity index (χ2v) is 6.76. The molecule has 1 aliphatic carbocycles. The van der Waals surface area contributed by atoms with Gasteiger partial charge < -0.3 is 5.32 Å². The van der Waals surface area contributed by atoms with Crippen LogP contribution >= 0.6 is 0 Å².